The summed E-state index contributed by atoms with van der Waals surface area (Å²) >= 11 is 0. The molecule has 1 unspecified atom stereocenters. The van der Waals surface area contributed by atoms with Crippen molar-refractivity contribution < 1.29 is 13.9 Å². The number of halogens is 1. The highest BCUT2D eigenvalue weighted by Crippen LogP contribution is 2.45. The lowest BCUT2D eigenvalue weighted by atomic mass is 9.89. The number of amides is 2. The second kappa shape index (κ2) is 4.56. The molecule has 0 saturated heterocycles. The molecule has 1 heterocycles. The fourth-order valence-corrected chi connectivity index (χ4v) is 3.20. The Kier molecular flexibility index (Phi) is 2.97. The molecule has 2 aliphatic rings. The van der Waals surface area contributed by atoms with Crippen LogP contribution in [-0.4, -0.2) is 37.0 Å². The van der Waals surface area contributed by atoms with Crippen LogP contribution in [0.1, 0.15) is 17.5 Å². The van der Waals surface area contributed by atoms with Gasteiger partial charge in [-0.3, -0.25) is 0 Å². The van der Waals surface area contributed by atoms with Crippen molar-refractivity contribution in [2.75, 3.05) is 20.3 Å². The molecule has 2 N–H and O–H groups in total. The van der Waals surface area contributed by atoms with Crippen LogP contribution < -0.4 is 5.73 Å². The summed E-state index contributed by atoms with van der Waals surface area (Å²) in [5, 5.41) is 0. The van der Waals surface area contributed by atoms with Gasteiger partial charge in [-0.05, 0) is 36.1 Å². The summed E-state index contributed by atoms with van der Waals surface area (Å²) < 4.78 is 18.4. The van der Waals surface area contributed by atoms with Gasteiger partial charge < -0.3 is 15.4 Å². The Morgan fingerprint density at radius 2 is 2.35 bits per heavy atom. The summed E-state index contributed by atoms with van der Waals surface area (Å²) in [7, 11) is 1.58. The summed E-state index contributed by atoms with van der Waals surface area (Å²) in [5.41, 5.74) is 7.08. The summed E-state index contributed by atoms with van der Waals surface area (Å²) in [4.78, 5) is 17.6. The van der Waals surface area contributed by atoms with Crippen molar-refractivity contribution in [1.82, 2.24) is 4.90 Å². The number of urea groups is 1. The Balaban J connectivity index is 2.07. The van der Waals surface area contributed by atoms with Gasteiger partial charge in [0.2, 0.25) is 0 Å². The number of hydrogen-bond acceptors (Lipinski definition) is 3. The Morgan fingerprint density at radius 3 is 3.10 bits per heavy atom. The van der Waals surface area contributed by atoms with E-state index in [1.807, 2.05) is 0 Å². The van der Waals surface area contributed by atoms with Gasteiger partial charge >= 0.3 is 6.03 Å². The number of hydrogen-bond donors (Lipinski definition) is 1. The number of nitrogens with two attached hydrogens (primary N) is 1. The Morgan fingerprint density at radius 1 is 1.55 bits per heavy atom. The quantitative estimate of drug-likeness (QED) is 0.908. The van der Waals surface area contributed by atoms with Gasteiger partial charge in [0.25, 0.3) is 0 Å². The molecule has 3 rings (SSSR count). The van der Waals surface area contributed by atoms with E-state index in [1.165, 1.54) is 12.1 Å². The third-order valence-corrected chi connectivity index (χ3v) is 4.12. The minimum Gasteiger partial charge on any atom is -0.385 e. The molecule has 0 saturated carbocycles. The van der Waals surface area contributed by atoms with Crippen LogP contribution in [0.5, 0.6) is 0 Å². The number of methoxy groups -OCH3 is 1. The molecule has 0 fully saturated rings. The molecule has 0 aromatic heterocycles. The first-order chi connectivity index (χ1) is 9.59. The average Bonchev–Trinajstić information content (AvgIpc) is 2.89. The normalized spacial score (nSPS) is 24.4. The number of benzene rings is 1. The van der Waals surface area contributed by atoms with Crippen LogP contribution in [0.25, 0.3) is 0 Å². The lowest BCUT2D eigenvalue weighted by molar-refractivity contribution is 0.122. The maximum atomic E-state index is 13.3. The summed E-state index contributed by atoms with van der Waals surface area (Å²) in [6.45, 7) is 0.823. The number of carbonyl (C=O) groups excluding carboxylic acids is 1. The minimum absolute atomic E-state index is 0.274. The maximum absolute atomic E-state index is 13.3. The molecule has 6 heteroatoms. The number of amidine groups is 1. The third-order valence-electron chi connectivity index (χ3n) is 4.12. The highest BCUT2D eigenvalue weighted by Gasteiger charge is 2.52. The van der Waals surface area contributed by atoms with E-state index in [-0.39, 0.29) is 11.8 Å². The predicted molar refractivity (Wildman–Crippen MR) is 72.0 cm³/mol. The van der Waals surface area contributed by atoms with Gasteiger partial charge in [-0.2, -0.15) is 4.99 Å². The van der Waals surface area contributed by atoms with E-state index in [1.54, 1.807) is 18.1 Å². The van der Waals surface area contributed by atoms with Gasteiger partial charge in [0.1, 0.15) is 17.2 Å². The van der Waals surface area contributed by atoms with Gasteiger partial charge in [0, 0.05) is 13.7 Å². The zero-order chi connectivity index (χ0) is 14.3. The first-order valence-electron chi connectivity index (χ1n) is 6.53. The SMILES string of the molecule is COCCN1C(=O)N=C(N)C12CCc1cc(F)ccc12. The molecular formula is C14H16FN3O2. The fourth-order valence-electron chi connectivity index (χ4n) is 3.20. The number of aryl methyl sites for hydroxylation is 1. The van der Waals surface area contributed by atoms with E-state index in [4.69, 9.17) is 10.5 Å². The largest absolute Gasteiger partial charge is 0.385 e. The molecule has 20 heavy (non-hydrogen) atoms. The molecule has 1 aromatic carbocycles. The number of ether oxygens (including phenoxy) is 1. The highest BCUT2D eigenvalue weighted by molar-refractivity contribution is 6.07. The van der Waals surface area contributed by atoms with E-state index in [2.05, 4.69) is 4.99 Å². The van der Waals surface area contributed by atoms with E-state index in [9.17, 15) is 9.18 Å². The van der Waals surface area contributed by atoms with Gasteiger partial charge in [-0.1, -0.05) is 6.07 Å². The average molecular weight is 277 g/mol. The van der Waals surface area contributed by atoms with Crippen LogP contribution in [0.2, 0.25) is 0 Å². The molecule has 1 aliphatic carbocycles. The summed E-state index contributed by atoms with van der Waals surface area (Å²) in [6, 6.07) is 4.26. The highest BCUT2D eigenvalue weighted by atomic mass is 19.1. The smallest absolute Gasteiger partial charge is 0.346 e. The first-order valence-corrected chi connectivity index (χ1v) is 6.53. The van der Waals surface area contributed by atoms with Crippen molar-refractivity contribution in [2.24, 2.45) is 10.7 Å². The van der Waals surface area contributed by atoms with Gasteiger partial charge in [-0.25, -0.2) is 9.18 Å². The first kappa shape index (κ1) is 13.1. The second-order valence-corrected chi connectivity index (χ2v) is 5.09. The zero-order valence-electron chi connectivity index (χ0n) is 11.2. The molecule has 1 aromatic rings. The molecule has 1 atom stereocenters. The number of rotatable bonds is 3. The molecule has 1 aliphatic heterocycles. The van der Waals surface area contributed by atoms with Crippen molar-refractivity contribution in [1.29, 1.82) is 0 Å². The van der Waals surface area contributed by atoms with Gasteiger partial charge in [-0.15, -0.1) is 0 Å². The van der Waals surface area contributed by atoms with E-state index < -0.39 is 5.54 Å². The zero-order valence-corrected chi connectivity index (χ0v) is 11.2. The lowest BCUT2D eigenvalue weighted by Gasteiger charge is -2.35. The fraction of sp³-hybridized carbons (Fsp3) is 0.429. The van der Waals surface area contributed by atoms with Crippen LogP contribution >= 0.6 is 0 Å². The van der Waals surface area contributed by atoms with Crippen molar-refractivity contribution in [2.45, 2.75) is 18.4 Å². The van der Waals surface area contributed by atoms with Crippen molar-refractivity contribution >= 4 is 11.9 Å². The predicted octanol–water partition coefficient (Wildman–Crippen LogP) is 1.41. The Labute approximate surface area is 116 Å². The van der Waals surface area contributed by atoms with E-state index in [0.29, 0.717) is 31.8 Å². The van der Waals surface area contributed by atoms with Crippen LogP contribution in [0, 0.1) is 5.82 Å². The topological polar surface area (TPSA) is 67.9 Å². The van der Waals surface area contributed by atoms with Gasteiger partial charge in [0.05, 0.1) is 6.61 Å². The number of carbonyl (C=O) groups is 1. The Bertz CT molecular complexity index is 602. The van der Waals surface area contributed by atoms with Crippen LogP contribution in [0.4, 0.5) is 9.18 Å². The molecule has 0 bridgehead atoms. The molecule has 0 radical (unpaired) electrons. The van der Waals surface area contributed by atoms with Gasteiger partial charge in [0.15, 0.2) is 0 Å². The Hall–Kier alpha value is -1.95. The number of fused-ring (bicyclic) bond motifs is 2. The number of nitrogens with zero attached hydrogens (tertiary/aromatic N) is 2. The second-order valence-electron chi connectivity index (χ2n) is 5.09. The van der Waals surface area contributed by atoms with E-state index >= 15 is 0 Å². The van der Waals surface area contributed by atoms with Crippen molar-refractivity contribution in [3.8, 4) is 0 Å². The monoisotopic (exact) mass is 277 g/mol. The molecule has 5 nitrogen and oxygen atoms in total. The third kappa shape index (κ3) is 1.64. The molecule has 2 amide bonds. The molecular weight excluding hydrogens is 261 g/mol. The summed E-state index contributed by atoms with van der Waals surface area (Å²) in [6.07, 6.45) is 1.32. The molecule has 106 valence electrons. The van der Waals surface area contributed by atoms with Crippen molar-refractivity contribution in [3.63, 3.8) is 0 Å². The molecule has 1 spiro atoms. The van der Waals surface area contributed by atoms with Crippen LogP contribution in [0.3, 0.4) is 0 Å². The van der Waals surface area contributed by atoms with E-state index in [0.717, 1.165) is 11.1 Å². The van der Waals surface area contributed by atoms with Crippen LogP contribution in [0.15, 0.2) is 23.2 Å². The minimum atomic E-state index is -0.724. The lowest BCUT2D eigenvalue weighted by Crippen LogP contribution is -2.51. The maximum Gasteiger partial charge on any atom is 0.346 e. The number of aliphatic imine (C=N–C) groups is 1. The summed E-state index contributed by atoms with van der Waals surface area (Å²) in [5.74, 6) is 0.0213. The van der Waals surface area contributed by atoms with Crippen LogP contribution in [-0.2, 0) is 16.7 Å². The standard InChI is InChI=1S/C14H16FN3O2/c1-20-7-6-18-13(19)17-12(16)14(18)5-4-9-8-10(15)2-3-11(9)14/h2-3,8H,4-7H2,1H3,(H2,16,17,19). The van der Waals surface area contributed by atoms with Crippen molar-refractivity contribution in [3.05, 3.63) is 35.1 Å².